The Labute approximate surface area is 182 Å². The molecule has 4 rings (SSSR count). The van der Waals surface area contributed by atoms with Crippen LogP contribution in [0.5, 0.6) is 5.75 Å². The number of benzene rings is 2. The lowest BCUT2D eigenvalue weighted by molar-refractivity contribution is -0.669. The fourth-order valence-corrected chi connectivity index (χ4v) is 4.54. The first-order valence-corrected chi connectivity index (χ1v) is 9.67. The van der Waals surface area contributed by atoms with Crippen molar-refractivity contribution in [2.75, 3.05) is 19.1 Å². The Kier molecular flexibility index (Phi) is 6.01. The molecule has 0 N–H and O–H groups in total. The molecular formula is C22H23IN2OS. The second-order valence-electron chi connectivity index (χ2n) is 6.54. The number of hydrogen-bond donors (Lipinski definition) is 0. The fourth-order valence-electron chi connectivity index (χ4n) is 3.46. The first kappa shape index (κ1) is 20.0. The van der Waals surface area contributed by atoms with E-state index in [0.29, 0.717) is 0 Å². The lowest BCUT2D eigenvalue weighted by Gasteiger charge is -2.14. The van der Waals surface area contributed by atoms with Crippen molar-refractivity contribution in [3.63, 3.8) is 0 Å². The number of anilines is 1. The van der Waals surface area contributed by atoms with Gasteiger partial charge in [-0.3, -0.25) is 0 Å². The molecule has 140 valence electrons. The molecule has 0 fully saturated rings. The molecular weight excluding hydrogens is 467 g/mol. The summed E-state index contributed by atoms with van der Waals surface area (Å²) in [7, 11) is 3.83. The molecule has 5 heteroatoms. The molecule has 0 saturated heterocycles. The SMILES string of the molecule is CC[n+]1c(/C=C2\Sc3ccc(OC)cc3N2C)ccc2cc(C)ccc21.[I-]. The van der Waals surface area contributed by atoms with Crippen LogP contribution in [0.1, 0.15) is 18.2 Å². The number of methoxy groups -OCH3 is 1. The minimum Gasteiger partial charge on any atom is -1.00 e. The van der Waals surface area contributed by atoms with Gasteiger partial charge in [0.05, 0.1) is 17.8 Å². The molecule has 0 unspecified atom stereocenters. The average Bonchev–Trinajstić information content (AvgIpc) is 2.96. The predicted molar refractivity (Wildman–Crippen MR) is 110 cm³/mol. The zero-order chi connectivity index (χ0) is 18.3. The Bertz CT molecular complexity index is 1030. The summed E-state index contributed by atoms with van der Waals surface area (Å²) >= 11 is 1.80. The van der Waals surface area contributed by atoms with Gasteiger partial charge in [0.1, 0.15) is 12.3 Å². The van der Waals surface area contributed by atoms with E-state index >= 15 is 0 Å². The Morgan fingerprint density at radius 2 is 1.93 bits per heavy atom. The molecule has 0 bridgehead atoms. The first-order chi connectivity index (χ1) is 12.6. The summed E-state index contributed by atoms with van der Waals surface area (Å²) in [6.45, 7) is 5.28. The highest BCUT2D eigenvalue weighted by molar-refractivity contribution is 8.03. The van der Waals surface area contributed by atoms with E-state index in [0.717, 1.165) is 12.3 Å². The van der Waals surface area contributed by atoms with Gasteiger partial charge >= 0.3 is 0 Å². The van der Waals surface area contributed by atoms with Gasteiger partial charge in [0, 0.05) is 41.6 Å². The summed E-state index contributed by atoms with van der Waals surface area (Å²) in [6.07, 6.45) is 2.28. The summed E-state index contributed by atoms with van der Waals surface area (Å²) in [5, 5.41) is 2.51. The van der Waals surface area contributed by atoms with Crippen LogP contribution in [0.15, 0.2) is 58.5 Å². The molecule has 1 aliphatic rings. The van der Waals surface area contributed by atoms with Gasteiger partial charge in [-0.15, -0.1) is 0 Å². The van der Waals surface area contributed by atoms with Crippen LogP contribution in [0.4, 0.5) is 5.69 Å². The van der Waals surface area contributed by atoms with Crippen molar-refractivity contribution in [2.45, 2.75) is 25.3 Å². The number of aryl methyl sites for hydroxylation is 2. The summed E-state index contributed by atoms with van der Waals surface area (Å²) in [6, 6.07) is 17.3. The van der Waals surface area contributed by atoms with Crippen LogP contribution in [0.2, 0.25) is 0 Å². The van der Waals surface area contributed by atoms with E-state index in [1.807, 2.05) is 6.07 Å². The van der Waals surface area contributed by atoms with E-state index in [2.05, 4.69) is 78.9 Å². The van der Waals surface area contributed by atoms with Crippen molar-refractivity contribution in [1.82, 2.24) is 0 Å². The molecule has 3 aromatic rings. The Hall–Kier alpha value is -1.73. The van der Waals surface area contributed by atoms with Crippen molar-refractivity contribution >= 4 is 34.4 Å². The molecule has 27 heavy (non-hydrogen) atoms. The van der Waals surface area contributed by atoms with Crippen LogP contribution in [-0.2, 0) is 6.54 Å². The predicted octanol–water partition coefficient (Wildman–Crippen LogP) is 2.01. The lowest BCUT2D eigenvalue weighted by atomic mass is 10.1. The van der Waals surface area contributed by atoms with Crippen molar-refractivity contribution in [3.8, 4) is 5.75 Å². The number of fused-ring (bicyclic) bond motifs is 2. The molecule has 0 radical (unpaired) electrons. The molecule has 1 aromatic heterocycles. The highest BCUT2D eigenvalue weighted by atomic mass is 127. The van der Waals surface area contributed by atoms with Gasteiger partial charge in [0.25, 0.3) is 0 Å². The van der Waals surface area contributed by atoms with Crippen molar-refractivity contribution < 1.29 is 33.3 Å². The van der Waals surface area contributed by atoms with E-state index < -0.39 is 0 Å². The molecule has 3 nitrogen and oxygen atoms in total. The minimum absolute atomic E-state index is 0. The standard InChI is InChI=1S/C22H23N2OS.HI/c1-5-24-17(8-7-16-12-15(2)6-10-19(16)24)13-22-23(3)20-14-18(25-4)9-11-21(20)26-22;/h6-14H,5H2,1-4H3;1H/q+1;/p-1. The summed E-state index contributed by atoms with van der Waals surface area (Å²) in [4.78, 5) is 3.50. The Balaban J connectivity index is 0.00000210. The van der Waals surface area contributed by atoms with Gasteiger partial charge in [-0.1, -0.05) is 23.4 Å². The topological polar surface area (TPSA) is 16.4 Å². The number of ether oxygens (including phenoxy) is 1. The molecule has 2 aromatic carbocycles. The highest BCUT2D eigenvalue weighted by Crippen LogP contribution is 2.46. The summed E-state index contributed by atoms with van der Waals surface area (Å²) in [5.74, 6) is 0.891. The van der Waals surface area contributed by atoms with Gasteiger partial charge in [-0.2, -0.15) is 4.57 Å². The normalized spacial score (nSPS) is 14.4. The zero-order valence-corrected chi connectivity index (χ0v) is 19.0. The van der Waals surface area contributed by atoms with Gasteiger partial charge < -0.3 is 33.6 Å². The quantitative estimate of drug-likeness (QED) is 0.413. The van der Waals surface area contributed by atoms with Crippen molar-refractivity contribution in [1.29, 1.82) is 0 Å². The smallest absolute Gasteiger partial charge is 0.212 e. The Morgan fingerprint density at radius 3 is 2.67 bits per heavy atom. The number of hydrogen-bond acceptors (Lipinski definition) is 3. The average molecular weight is 490 g/mol. The first-order valence-electron chi connectivity index (χ1n) is 8.85. The minimum atomic E-state index is 0. The van der Waals surface area contributed by atoms with Crippen LogP contribution in [0, 0.1) is 6.92 Å². The third-order valence-corrected chi connectivity index (χ3v) is 6.05. The molecule has 0 spiro atoms. The number of rotatable bonds is 3. The van der Waals surface area contributed by atoms with E-state index in [1.165, 1.54) is 37.8 Å². The van der Waals surface area contributed by atoms with Gasteiger partial charge in [-0.05, 0) is 38.1 Å². The molecule has 0 atom stereocenters. The van der Waals surface area contributed by atoms with E-state index in [4.69, 9.17) is 4.74 Å². The summed E-state index contributed by atoms with van der Waals surface area (Å²) in [5.41, 5.74) is 4.98. The third kappa shape index (κ3) is 3.67. The van der Waals surface area contributed by atoms with E-state index in [1.54, 1.807) is 18.9 Å². The second kappa shape index (κ2) is 8.10. The van der Waals surface area contributed by atoms with Crippen LogP contribution in [-0.4, -0.2) is 14.2 Å². The lowest BCUT2D eigenvalue weighted by Crippen LogP contribution is -3.00. The molecule has 0 aliphatic carbocycles. The van der Waals surface area contributed by atoms with Crippen LogP contribution < -0.4 is 38.2 Å². The van der Waals surface area contributed by atoms with Crippen LogP contribution in [0.3, 0.4) is 0 Å². The number of pyridine rings is 1. The maximum atomic E-state index is 5.38. The van der Waals surface area contributed by atoms with Crippen molar-refractivity contribution in [3.05, 3.63) is 64.8 Å². The maximum absolute atomic E-state index is 5.38. The van der Waals surface area contributed by atoms with Gasteiger partial charge in [-0.25, -0.2) is 0 Å². The summed E-state index contributed by atoms with van der Waals surface area (Å²) < 4.78 is 7.75. The number of halogens is 1. The molecule has 1 aliphatic heterocycles. The number of thioether (sulfide) groups is 1. The monoisotopic (exact) mass is 490 g/mol. The second-order valence-corrected chi connectivity index (χ2v) is 7.60. The molecule has 0 amide bonds. The van der Waals surface area contributed by atoms with Crippen LogP contribution >= 0.6 is 11.8 Å². The number of aromatic nitrogens is 1. The van der Waals surface area contributed by atoms with Gasteiger partial charge in [0.2, 0.25) is 11.2 Å². The zero-order valence-electron chi connectivity index (χ0n) is 16.0. The van der Waals surface area contributed by atoms with Crippen LogP contribution in [0.25, 0.3) is 17.0 Å². The highest BCUT2D eigenvalue weighted by Gasteiger charge is 2.24. The number of nitrogens with zero attached hydrogens (tertiary/aromatic N) is 2. The maximum Gasteiger partial charge on any atom is 0.212 e. The molecule has 0 saturated carbocycles. The van der Waals surface area contributed by atoms with E-state index in [9.17, 15) is 0 Å². The Morgan fingerprint density at radius 1 is 1.11 bits per heavy atom. The van der Waals surface area contributed by atoms with E-state index in [-0.39, 0.29) is 24.0 Å². The largest absolute Gasteiger partial charge is 1.00 e. The molecule has 2 heterocycles. The van der Waals surface area contributed by atoms with Gasteiger partial charge in [0.15, 0.2) is 0 Å². The van der Waals surface area contributed by atoms with Crippen molar-refractivity contribution in [2.24, 2.45) is 0 Å². The fraction of sp³-hybridized carbons (Fsp3) is 0.227. The third-order valence-electron chi connectivity index (χ3n) is 4.88.